The SMILES string of the molecule is CC1(C)C(=O)NC(=O)CC12CNC2.O=C(O)C(F)(F)F. The summed E-state index contributed by atoms with van der Waals surface area (Å²) in [4.78, 5) is 31.7. The molecule has 2 aliphatic rings. The Kier molecular flexibility index (Phi) is 4.14. The van der Waals surface area contributed by atoms with Gasteiger partial charge in [-0.25, -0.2) is 4.79 Å². The zero-order valence-corrected chi connectivity index (χ0v) is 10.9. The predicted octanol–water partition coefficient (Wildman–Crippen LogP) is 0.282. The molecule has 2 aliphatic heterocycles. The van der Waals surface area contributed by atoms with Crippen molar-refractivity contribution in [1.82, 2.24) is 10.6 Å². The zero-order chi connectivity index (χ0) is 15.8. The fourth-order valence-corrected chi connectivity index (χ4v) is 2.09. The summed E-state index contributed by atoms with van der Waals surface area (Å²) >= 11 is 0. The first-order valence-corrected chi connectivity index (χ1v) is 5.77. The van der Waals surface area contributed by atoms with Crippen LogP contribution in [0.5, 0.6) is 0 Å². The lowest BCUT2D eigenvalue weighted by Gasteiger charge is -2.54. The Morgan fingerprint density at radius 2 is 1.70 bits per heavy atom. The second-order valence-corrected chi connectivity index (χ2v) is 5.37. The topological polar surface area (TPSA) is 95.5 Å². The molecule has 114 valence electrons. The maximum absolute atomic E-state index is 11.6. The number of alkyl halides is 3. The number of carboxylic acid groups (broad SMARTS) is 1. The second kappa shape index (κ2) is 5.04. The van der Waals surface area contributed by atoms with Gasteiger partial charge in [0, 0.05) is 24.9 Å². The van der Waals surface area contributed by atoms with Crippen molar-refractivity contribution in [2.75, 3.05) is 13.1 Å². The van der Waals surface area contributed by atoms with Crippen LogP contribution in [-0.4, -0.2) is 42.2 Å². The molecule has 20 heavy (non-hydrogen) atoms. The monoisotopic (exact) mass is 296 g/mol. The number of carbonyl (C=O) groups excluding carboxylic acids is 2. The van der Waals surface area contributed by atoms with Gasteiger partial charge in [0.1, 0.15) is 0 Å². The number of hydrogen-bond acceptors (Lipinski definition) is 4. The number of hydrogen-bond donors (Lipinski definition) is 3. The molecule has 2 heterocycles. The van der Waals surface area contributed by atoms with Crippen molar-refractivity contribution in [2.45, 2.75) is 26.4 Å². The lowest BCUT2D eigenvalue weighted by molar-refractivity contribution is -0.192. The molecule has 0 radical (unpaired) electrons. The third kappa shape index (κ3) is 2.92. The summed E-state index contributed by atoms with van der Waals surface area (Å²) in [6.45, 7) is 5.38. The van der Waals surface area contributed by atoms with E-state index in [1.807, 2.05) is 13.8 Å². The quantitative estimate of drug-likeness (QED) is 0.558. The van der Waals surface area contributed by atoms with Gasteiger partial charge in [-0.3, -0.25) is 14.9 Å². The first-order chi connectivity index (χ1) is 8.92. The highest BCUT2D eigenvalue weighted by atomic mass is 19.4. The molecule has 3 N–H and O–H groups in total. The Bertz CT molecular complexity index is 441. The Morgan fingerprint density at radius 3 is 2.00 bits per heavy atom. The molecular formula is C11H15F3N2O4. The largest absolute Gasteiger partial charge is 0.490 e. The molecule has 9 heteroatoms. The molecule has 2 amide bonds. The molecule has 0 aromatic carbocycles. The number of piperidine rings is 1. The van der Waals surface area contributed by atoms with Crippen LogP contribution in [0.4, 0.5) is 13.2 Å². The van der Waals surface area contributed by atoms with Gasteiger partial charge in [-0.05, 0) is 0 Å². The second-order valence-electron chi connectivity index (χ2n) is 5.37. The molecule has 0 atom stereocenters. The van der Waals surface area contributed by atoms with E-state index >= 15 is 0 Å². The van der Waals surface area contributed by atoms with Crippen molar-refractivity contribution in [3.8, 4) is 0 Å². The smallest absolute Gasteiger partial charge is 0.475 e. The van der Waals surface area contributed by atoms with Gasteiger partial charge in [0.15, 0.2) is 0 Å². The molecule has 0 aliphatic carbocycles. The summed E-state index contributed by atoms with van der Waals surface area (Å²) in [5.41, 5.74) is -0.557. The van der Waals surface area contributed by atoms with E-state index in [4.69, 9.17) is 9.90 Å². The molecule has 0 bridgehead atoms. The van der Waals surface area contributed by atoms with Gasteiger partial charge in [0.2, 0.25) is 11.8 Å². The van der Waals surface area contributed by atoms with E-state index in [1.54, 1.807) is 0 Å². The molecule has 0 aromatic heterocycles. The van der Waals surface area contributed by atoms with Gasteiger partial charge >= 0.3 is 12.1 Å². The number of halogens is 3. The van der Waals surface area contributed by atoms with Crippen LogP contribution in [0.3, 0.4) is 0 Å². The highest BCUT2D eigenvalue weighted by Gasteiger charge is 2.57. The van der Waals surface area contributed by atoms with Gasteiger partial charge in [0.25, 0.3) is 0 Å². The van der Waals surface area contributed by atoms with E-state index in [-0.39, 0.29) is 17.2 Å². The summed E-state index contributed by atoms with van der Waals surface area (Å²) in [6, 6.07) is 0. The zero-order valence-electron chi connectivity index (χ0n) is 10.9. The minimum absolute atomic E-state index is 0.133. The summed E-state index contributed by atoms with van der Waals surface area (Å²) in [5.74, 6) is -3.02. The number of imide groups is 1. The summed E-state index contributed by atoms with van der Waals surface area (Å²) < 4.78 is 31.7. The van der Waals surface area contributed by atoms with Crippen LogP contribution in [0, 0.1) is 10.8 Å². The Labute approximate surface area is 112 Å². The van der Waals surface area contributed by atoms with E-state index in [2.05, 4.69) is 10.6 Å². The predicted molar refractivity (Wildman–Crippen MR) is 60.5 cm³/mol. The summed E-state index contributed by atoms with van der Waals surface area (Å²) in [5, 5.41) is 12.6. The maximum atomic E-state index is 11.6. The summed E-state index contributed by atoms with van der Waals surface area (Å²) in [7, 11) is 0. The van der Waals surface area contributed by atoms with Crippen LogP contribution in [0.2, 0.25) is 0 Å². The first-order valence-electron chi connectivity index (χ1n) is 5.77. The van der Waals surface area contributed by atoms with Crippen LogP contribution in [0.25, 0.3) is 0 Å². The van der Waals surface area contributed by atoms with Gasteiger partial charge in [-0.15, -0.1) is 0 Å². The van der Waals surface area contributed by atoms with Crippen molar-refractivity contribution in [1.29, 1.82) is 0 Å². The molecular weight excluding hydrogens is 281 g/mol. The van der Waals surface area contributed by atoms with Crippen LogP contribution in [-0.2, 0) is 14.4 Å². The first kappa shape index (κ1) is 16.4. The fourth-order valence-electron chi connectivity index (χ4n) is 2.09. The van der Waals surface area contributed by atoms with Gasteiger partial charge in [-0.2, -0.15) is 13.2 Å². The molecule has 0 saturated carbocycles. The van der Waals surface area contributed by atoms with Crippen LogP contribution < -0.4 is 10.6 Å². The Morgan fingerprint density at radius 1 is 1.25 bits per heavy atom. The Hall–Kier alpha value is -1.64. The Balaban J connectivity index is 0.000000246. The number of aliphatic carboxylic acids is 1. The lowest BCUT2D eigenvalue weighted by atomic mass is 9.58. The van der Waals surface area contributed by atoms with Crippen LogP contribution in [0.15, 0.2) is 0 Å². The van der Waals surface area contributed by atoms with Crippen molar-refractivity contribution in [3.05, 3.63) is 0 Å². The van der Waals surface area contributed by atoms with E-state index in [1.165, 1.54) is 0 Å². The molecule has 0 aromatic rings. The van der Waals surface area contributed by atoms with E-state index in [0.717, 1.165) is 13.1 Å². The maximum Gasteiger partial charge on any atom is 0.490 e. The van der Waals surface area contributed by atoms with Crippen molar-refractivity contribution < 1.29 is 32.7 Å². The number of rotatable bonds is 0. The number of carboxylic acids is 1. The third-order valence-corrected chi connectivity index (χ3v) is 3.81. The van der Waals surface area contributed by atoms with Crippen LogP contribution in [0.1, 0.15) is 20.3 Å². The minimum atomic E-state index is -5.08. The van der Waals surface area contributed by atoms with Gasteiger partial charge in [0.05, 0.1) is 5.41 Å². The molecule has 6 nitrogen and oxygen atoms in total. The van der Waals surface area contributed by atoms with E-state index < -0.39 is 17.6 Å². The average molecular weight is 296 g/mol. The van der Waals surface area contributed by atoms with Crippen molar-refractivity contribution in [2.24, 2.45) is 10.8 Å². The number of amides is 2. The molecule has 2 saturated heterocycles. The van der Waals surface area contributed by atoms with Crippen molar-refractivity contribution >= 4 is 17.8 Å². The third-order valence-electron chi connectivity index (χ3n) is 3.81. The highest BCUT2D eigenvalue weighted by Crippen LogP contribution is 2.47. The van der Waals surface area contributed by atoms with E-state index in [9.17, 15) is 22.8 Å². The molecule has 0 unspecified atom stereocenters. The van der Waals surface area contributed by atoms with Gasteiger partial charge in [-0.1, -0.05) is 13.8 Å². The molecule has 2 fully saturated rings. The van der Waals surface area contributed by atoms with Gasteiger partial charge < -0.3 is 10.4 Å². The average Bonchev–Trinajstić information content (AvgIpc) is 2.20. The molecule has 2 rings (SSSR count). The van der Waals surface area contributed by atoms with E-state index in [0.29, 0.717) is 6.42 Å². The summed E-state index contributed by atoms with van der Waals surface area (Å²) in [6.07, 6.45) is -4.61. The normalized spacial score (nSPS) is 23.2. The van der Waals surface area contributed by atoms with Crippen LogP contribution >= 0.6 is 0 Å². The molecule has 1 spiro atoms. The highest BCUT2D eigenvalue weighted by molar-refractivity contribution is 6.01. The minimum Gasteiger partial charge on any atom is -0.475 e. The fraction of sp³-hybridized carbons (Fsp3) is 0.727. The number of nitrogens with one attached hydrogen (secondary N) is 2. The lowest BCUT2D eigenvalue weighted by Crippen LogP contribution is -2.69. The van der Waals surface area contributed by atoms with Crippen molar-refractivity contribution in [3.63, 3.8) is 0 Å². The standard InChI is InChI=1S/C9H14N2O2.C2HF3O2/c1-8(2)7(13)11-6(12)3-9(8)4-10-5-9;3-2(4,5)1(6)7/h10H,3-5H2,1-2H3,(H,11,12,13);(H,6,7). The number of carbonyl (C=O) groups is 3.